The molecule has 2 aromatic heterocycles. The molecule has 5 rings (SSSR count). The van der Waals surface area contributed by atoms with Crippen molar-refractivity contribution in [2.24, 2.45) is 0 Å². The van der Waals surface area contributed by atoms with Gasteiger partial charge in [0, 0.05) is 22.2 Å². The van der Waals surface area contributed by atoms with Crippen LogP contribution in [0.2, 0.25) is 0 Å². The molecule has 158 valence electrons. The van der Waals surface area contributed by atoms with Gasteiger partial charge in [0.05, 0.1) is 35.4 Å². The van der Waals surface area contributed by atoms with E-state index in [0.717, 1.165) is 40.5 Å². The lowest BCUT2D eigenvalue weighted by molar-refractivity contribution is -0.172. The average molecular weight is 418 g/mol. The summed E-state index contributed by atoms with van der Waals surface area (Å²) in [6.07, 6.45) is 1.97. The number of carbonyl (C=O) groups excluding carboxylic acids is 1. The Balaban J connectivity index is 1.83. The Bertz CT molecular complexity index is 1340. The molecule has 0 fully saturated rings. The third kappa shape index (κ3) is 2.51. The van der Waals surface area contributed by atoms with E-state index < -0.39 is 11.6 Å². The normalized spacial score (nSPS) is 18.9. The van der Waals surface area contributed by atoms with Crippen molar-refractivity contribution in [2.75, 3.05) is 5.32 Å². The van der Waals surface area contributed by atoms with Crippen molar-refractivity contribution in [1.82, 2.24) is 9.55 Å². The zero-order chi connectivity index (χ0) is 21.9. The quantitative estimate of drug-likeness (QED) is 0.266. The Hall–Kier alpha value is -3.52. The molecule has 0 aliphatic carbocycles. The van der Waals surface area contributed by atoms with Crippen molar-refractivity contribution in [2.45, 2.75) is 45.4 Å². The van der Waals surface area contributed by atoms with Gasteiger partial charge in [-0.2, -0.15) is 0 Å². The van der Waals surface area contributed by atoms with Gasteiger partial charge in [0.25, 0.3) is 5.56 Å². The van der Waals surface area contributed by atoms with Gasteiger partial charge in [-0.1, -0.05) is 19.9 Å². The van der Waals surface area contributed by atoms with E-state index in [-0.39, 0.29) is 18.6 Å². The number of aryl methyl sites for hydroxylation is 1. The van der Waals surface area contributed by atoms with Crippen LogP contribution in [0.4, 0.5) is 5.69 Å². The first-order chi connectivity index (χ1) is 14.9. The Morgan fingerprint density at radius 1 is 1.32 bits per heavy atom. The molecule has 8 heteroatoms. The van der Waals surface area contributed by atoms with Gasteiger partial charge in [-0.05, 0) is 36.6 Å². The number of rotatable bonds is 4. The van der Waals surface area contributed by atoms with E-state index in [4.69, 9.17) is 15.1 Å². The van der Waals surface area contributed by atoms with Crippen molar-refractivity contribution in [1.29, 1.82) is 5.41 Å². The fourth-order valence-electron chi connectivity index (χ4n) is 4.81. The maximum Gasteiger partial charge on any atom is 0.343 e. The van der Waals surface area contributed by atoms with Crippen LogP contribution in [0.25, 0.3) is 22.3 Å². The Kier molecular flexibility index (Phi) is 4.23. The lowest BCUT2D eigenvalue weighted by Gasteiger charge is -2.31. The van der Waals surface area contributed by atoms with Gasteiger partial charge in [0.15, 0.2) is 5.60 Å². The maximum absolute atomic E-state index is 13.3. The van der Waals surface area contributed by atoms with E-state index in [0.29, 0.717) is 29.1 Å². The zero-order valence-electron chi connectivity index (χ0n) is 17.3. The Morgan fingerprint density at radius 2 is 2.13 bits per heavy atom. The van der Waals surface area contributed by atoms with E-state index in [1.807, 2.05) is 18.2 Å². The van der Waals surface area contributed by atoms with Gasteiger partial charge in [0.1, 0.15) is 6.61 Å². The van der Waals surface area contributed by atoms with Gasteiger partial charge in [-0.15, -0.1) is 0 Å². The highest BCUT2D eigenvalue weighted by Crippen LogP contribution is 2.41. The molecule has 0 saturated carbocycles. The zero-order valence-corrected chi connectivity index (χ0v) is 17.3. The maximum atomic E-state index is 13.3. The van der Waals surface area contributed by atoms with Gasteiger partial charge in [-0.25, -0.2) is 9.78 Å². The lowest BCUT2D eigenvalue weighted by Crippen LogP contribution is -2.44. The number of anilines is 1. The molecule has 3 N–H and O–H groups in total. The summed E-state index contributed by atoms with van der Waals surface area (Å²) in [5.74, 6) is -0.729. The SMILES string of the molecule is CCc1c2c(nc3cccc(NC=N)c13)-c1cc3c(c(=O)n1C2)COC(=O)[C@]3(O)CC. The number of hydrogen-bond acceptors (Lipinski definition) is 6. The van der Waals surface area contributed by atoms with Gasteiger partial charge >= 0.3 is 5.97 Å². The van der Waals surface area contributed by atoms with Crippen LogP contribution >= 0.6 is 0 Å². The number of cyclic esters (lactones) is 1. The van der Waals surface area contributed by atoms with Crippen LogP contribution in [-0.4, -0.2) is 27.0 Å². The number of pyridine rings is 2. The van der Waals surface area contributed by atoms with Crippen LogP contribution < -0.4 is 10.9 Å². The molecule has 0 unspecified atom stereocenters. The molecule has 0 bridgehead atoms. The molecule has 2 aliphatic heterocycles. The van der Waals surface area contributed by atoms with Crippen molar-refractivity contribution in [3.05, 3.63) is 56.9 Å². The highest BCUT2D eigenvalue weighted by molar-refractivity contribution is 6.00. The molecule has 31 heavy (non-hydrogen) atoms. The minimum atomic E-state index is -1.84. The number of aromatic nitrogens is 2. The van der Waals surface area contributed by atoms with Crippen molar-refractivity contribution in [3.8, 4) is 11.4 Å². The van der Waals surface area contributed by atoms with Crippen LogP contribution in [0.15, 0.2) is 29.1 Å². The number of benzene rings is 1. The fourth-order valence-corrected chi connectivity index (χ4v) is 4.81. The molecule has 0 amide bonds. The standard InChI is InChI=1S/C23H22N4O4/c1-3-12-13-9-27-18(20(13)26-17-7-5-6-16(19(12)17)25-11-24)8-15-14(21(27)28)10-31-22(29)23(15,30)4-2/h5-8,11,30H,3-4,9-10H2,1-2H3,(H2,24,25)/t23-/m0/s1. The van der Waals surface area contributed by atoms with E-state index in [1.165, 1.54) is 0 Å². The number of aliphatic hydroxyl groups is 1. The summed E-state index contributed by atoms with van der Waals surface area (Å²) >= 11 is 0. The number of esters is 1. The largest absolute Gasteiger partial charge is 0.458 e. The summed E-state index contributed by atoms with van der Waals surface area (Å²) in [5, 5.41) is 22.3. The average Bonchev–Trinajstić information content (AvgIpc) is 3.14. The summed E-state index contributed by atoms with van der Waals surface area (Å²) < 4.78 is 6.78. The van der Waals surface area contributed by atoms with Crippen molar-refractivity contribution in [3.63, 3.8) is 0 Å². The van der Waals surface area contributed by atoms with Crippen LogP contribution in [-0.2, 0) is 34.7 Å². The second kappa shape index (κ2) is 6.75. The predicted molar refractivity (Wildman–Crippen MR) is 116 cm³/mol. The molecule has 0 spiro atoms. The first-order valence-corrected chi connectivity index (χ1v) is 10.3. The second-order valence-corrected chi connectivity index (χ2v) is 7.86. The van der Waals surface area contributed by atoms with Gasteiger partial charge < -0.3 is 19.7 Å². The predicted octanol–water partition coefficient (Wildman–Crippen LogP) is 2.66. The molecular formula is C23H22N4O4. The number of ether oxygens (including phenoxy) is 1. The number of fused-ring (bicyclic) bond motifs is 5. The van der Waals surface area contributed by atoms with Crippen LogP contribution in [0.5, 0.6) is 0 Å². The van der Waals surface area contributed by atoms with Gasteiger partial charge in [-0.3, -0.25) is 10.2 Å². The molecular weight excluding hydrogens is 396 g/mol. The molecule has 4 heterocycles. The molecule has 3 aromatic rings. The summed E-state index contributed by atoms with van der Waals surface area (Å²) in [5.41, 5.74) is 3.36. The summed E-state index contributed by atoms with van der Waals surface area (Å²) in [7, 11) is 0. The first kappa shape index (κ1) is 19.4. The highest BCUT2D eigenvalue weighted by atomic mass is 16.6. The fraction of sp³-hybridized carbons (Fsp3) is 0.304. The van der Waals surface area contributed by atoms with Crippen LogP contribution in [0.1, 0.15) is 42.5 Å². The van der Waals surface area contributed by atoms with E-state index in [2.05, 4.69) is 12.2 Å². The molecule has 8 nitrogen and oxygen atoms in total. The summed E-state index contributed by atoms with van der Waals surface area (Å²) in [6.45, 7) is 3.96. The van der Waals surface area contributed by atoms with E-state index >= 15 is 0 Å². The number of nitrogens with one attached hydrogen (secondary N) is 2. The third-order valence-corrected chi connectivity index (χ3v) is 6.41. The topological polar surface area (TPSA) is 117 Å². The van der Waals surface area contributed by atoms with E-state index in [1.54, 1.807) is 17.6 Å². The molecule has 0 radical (unpaired) electrons. The lowest BCUT2D eigenvalue weighted by atomic mass is 9.86. The highest BCUT2D eigenvalue weighted by Gasteiger charge is 2.45. The van der Waals surface area contributed by atoms with E-state index in [9.17, 15) is 14.7 Å². The summed E-state index contributed by atoms with van der Waals surface area (Å²) in [4.78, 5) is 30.5. The number of hydrogen-bond donors (Lipinski definition) is 3. The Labute approximate surface area is 178 Å². The number of carbonyl (C=O) groups is 1. The van der Waals surface area contributed by atoms with Gasteiger partial charge in [0.2, 0.25) is 0 Å². The minimum absolute atomic E-state index is 0.110. The second-order valence-electron chi connectivity index (χ2n) is 7.86. The van der Waals surface area contributed by atoms with Crippen LogP contribution in [0.3, 0.4) is 0 Å². The van der Waals surface area contributed by atoms with Crippen molar-refractivity contribution >= 4 is 28.9 Å². The first-order valence-electron chi connectivity index (χ1n) is 10.3. The third-order valence-electron chi connectivity index (χ3n) is 6.41. The Morgan fingerprint density at radius 3 is 2.84 bits per heavy atom. The monoisotopic (exact) mass is 418 g/mol. The molecule has 0 saturated heterocycles. The summed E-state index contributed by atoms with van der Waals surface area (Å²) in [6, 6.07) is 7.40. The molecule has 1 aromatic carbocycles. The minimum Gasteiger partial charge on any atom is -0.458 e. The van der Waals surface area contributed by atoms with Crippen LogP contribution in [0, 0.1) is 5.41 Å². The number of nitrogens with zero attached hydrogens (tertiary/aromatic N) is 2. The molecule has 2 aliphatic rings. The smallest absolute Gasteiger partial charge is 0.343 e. The van der Waals surface area contributed by atoms with Crippen molar-refractivity contribution < 1.29 is 14.6 Å². The molecule has 1 atom stereocenters.